The molecule has 6 heteroatoms. The minimum absolute atomic E-state index is 0.0394. The highest BCUT2D eigenvalue weighted by atomic mass is 19.4. The fraction of sp³-hybridized carbons (Fsp3) is 0.500. The molecule has 0 aliphatic rings. The number of rotatable bonds is 1. The van der Waals surface area contributed by atoms with E-state index in [0.717, 1.165) is 4.68 Å². The largest absolute Gasteiger partial charge is 0.409 e. The molecule has 0 aromatic carbocycles. The highest BCUT2D eigenvalue weighted by Crippen LogP contribution is 2.29. The summed E-state index contributed by atoms with van der Waals surface area (Å²) in [7, 11) is 1.42. The predicted octanol–water partition coefficient (Wildman–Crippen LogP) is 0.982. The van der Waals surface area contributed by atoms with E-state index in [-0.39, 0.29) is 5.69 Å². The van der Waals surface area contributed by atoms with Gasteiger partial charge in [0, 0.05) is 13.2 Å². The van der Waals surface area contributed by atoms with Crippen molar-refractivity contribution in [2.75, 3.05) is 0 Å². The lowest BCUT2D eigenvalue weighted by molar-refractivity contribution is -0.150. The first-order valence-electron chi connectivity index (χ1n) is 3.23. The zero-order chi connectivity index (χ0) is 9.35. The average Bonchev–Trinajstić information content (AvgIpc) is 2.31. The maximum atomic E-state index is 12.0. The summed E-state index contributed by atoms with van der Waals surface area (Å²) < 4.78 is 37.2. The fourth-order valence-electron chi connectivity index (χ4n) is 0.857. The van der Waals surface area contributed by atoms with E-state index < -0.39 is 12.2 Å². The minimum atomic E-state index is -4.41. The first-order chi connectivity index (χ1) is 5.43. The molecule has 1 unspecified atom stereocenters. The molecule has 0 fully saturated rings. The average molecular weight is 179 g/mol. The Morgan fingerprint density at radius 1 is 1.58 bits per heavy atom. The molecule has 0 bridgehead atoms. The van der Waals surface area contributed by atoms with E-state index in [1.165, 1.54) is 19.3 Å². The molecule has 1 atom stereocenters. The summed E-state index contributed by atoms with van der Waals surface area (Å²) in [6, 6.07) is -0.706. The normalized spacial score (nSPS) is 14.8. The quantitative estimate of drug-likeness (QED) is 0.698. The van der Waals surface area contributed by atoms with Crippen LogP contribution in [0.2, 0.25) is 0 Å². The lowest BCUT2D eigenvalue weighted by Gasteiger charge is -2.15. The molecular weight excluding hydrogens is 171 g/mol. The van der Waals surface area contributed by atoms with Gasteiger partial charge in [-0.15, -0.1) is 0 Å². The van der Waals surface area contributed by atoms with E-state index in [1.807, 2.05) is 0 Å². The van der Waals surface area contributed by atoms with Crippen LogP contribution in [0, 0.1) is 0 Å². The molecule has 68 valence electrons. The van der Waals surface area contributed by atoms with Crippen LogP contribution >= 0.6 is 0 Å². The molecule has 0 spiro atoms. The van der Waals surface area contributed by atoms with Gasteiger partial charge in [-0.3, -0.25) is 4.68 Å². The molecule has 0 aliphatic carbocycles. The topological polar surface area (TPSA) is 43.8 Å². The Labute approximate surface area is 67.0 Å². The summed E-state index contributed by atoms with van der Waals surface area (Å²) in [6.07, 6.45) is -3.13. The van der Waals surface area contributed by atoms with Crippen molar-refractivity contribution < 1.29 is 13.2 Å². The van der Waals surface area contributed by atoms with Gasteiger partial charge in [0.2, 0.25) is 0 Å². The molecule has 12 heavy (non-hydrogen) atoms. The van der Waals surface area contributed by atoms with E-state index in [0.29, 0.717) is 0 Å². The first kappa shape index (κ1) is 9.05. The maximum absolute atomic E-state index is 12.0. The summed E-state index contributed by atoms with van der Waals surface area (Å²) in [5, 5.41) is 3.59. The van der Waals surface area contributed by atoms with Gasteiger partial charge in [0.1, 0.15) is 6.04 Å². The highest BCUT2D eigenvalue weighted by Gasteiger charge is 2.39. The second-order valence-corrected chi connectivity index (χ2v) is 2.40. The Morgan fingerprint density at radius 3 is 2.50 bits per heavy atom. The molecule has 2 N–H and O–H groups in total. The molecule has 0 saturated carbocycles. The van der Waals surface area contributed by atoms with Crippen LogP contribution in [-0.4, -0.2) is 16.0 Å². The Balaban J connectivity index is 2.92. The Hall–Kier alpha value is -1.04. The minimum Gasteiger partial charge on any atom is -0.315 e. The molecule has 1 aromatic rings. The lowest BCUT2D eigenvalue weighted by atomic mass is 10.2. The number of nitrogens with zero attached hydrogens (tertiary/aromatic N) is 2. The van der Waals surface area contributed by atoms with Gasteiger partial charge in [-0.1, -0.05) is 0 Å². The van der Waals surface area contributed by atoms with Gasteiger partial charge in [-0.25, -0.2) is 0 Å². The molecule has 1 aromatic heterocycles. The molecule has 0 aliphatic heterocycles. The number of alkyl halides is 3. The standard InChI is InChI=1S/C6H8F3N3/c1-12-4(2-3-11-12)5(10)6(7,8)9/h2-3,5H,10H2,1H3. The summed E-state index contributed by atoms with van der Waals surface area (Å²) in [6.45, 7) is 0. The molecule has 1 rings (SSSR count). The molecule has 0 saturated heterocycles. The Bertz CT molecular complexity index is 265. The fourth-order valence-corrected chi connectivity index (χ4v) is 0.857. The van der Waals surface area contributed by atoms with Gasteiger partial charge in [-0.2, -0.15) is 18.3 Å². The van der Waals surface area contributed by atoms with E-state index in [9.17, 15) is 13.2 Å². The van der Waals surface area contributed by atoms with Crippen molar-refractivity contribution in [3.05, 3.63) is 18.0 Å². The number of hydrogen-bond acceptors (Lipinski definition) is 2. The number of aromatic nitrogens is 2. The zero-order valence-electron chi connectivity index (χ0n) is 6.34. The van der Waals surface area contributed by atoms with Crippen LogP contribution in [0.1, 0.15) is 11.7 Å². The molecule has 1 heterocycles. The Morgan fingerprint density at radius 2 is 2.17 bits per heavy atom. The number of nitrogens with two attached hydrogens (primary N) is 1. The van der Waals surface area contributed by atoms with Crippen LogP contribution in [0.3, 0.4) is 0 Å². The maximum Gasteiger partial charge on any atom is 0.409 e. The predicted molar refractivity (Wildman–Crippen MR) is 36.2 cm³/mol. The summed E-state index contributed by atoms with van der Waals surface area (Å²) in [5.41, 5.74) is 4.89. The van der Waals surface area contributed by atoms with Crippen LogP contribution in [0.25, 0.3) is 0 Å². The van der Waals surface area contributed by atoms with E-state index in [2.05, 4.69) is 5.10 Å². The van der Waals surface area contributed by atoms with Crippen molar-refractivity contribution in [3.63, 3.8) is 0 Å². The first-order valence-corrected chi connectivity index (χ1v) is 3.23. The van der Waals surface area contributed by atoms with Crippen LogP contribution in [0.15, 0.2) is 12.3 Å². The van der Waals surface area contributed by atoms with Crippen LogP contribution < -0.4 is 5.73 Å². The third-order valence-electron chi connectivity index (χ3n) is 1.53. The summed E-state index contributed by atoms with van der Waals surface area (Å²) >= 11 is 0. The number of halogens is 3. The smallest absolute Gasteiger partial charge is 0.315 e. The van der Waals surface area contributed by atoms with E-state index in [1.54, 1.807) is 0 Å². The lowest BCUT2D eigenvalue weighted by Crippen LogP contribution is -2.30. The van der Waals surface area contributed by atoms with Gasteiger partial charge < -0.3 is 5.73 Å². The number of hydrogen-bond donors (Lipinski definition) is 1. The van der Waals surface area contributed by atoms with Gasteiger partial charge in [0.05, 0.1) is 5.69 Å². The molecule has 0 amide bonds. The third-order valence-corrected chi connectivity index (χ3v) is 1.53. The third kappa shape index (κ3) is 1.58. The van der Waals surface area contributed by atoms with E-state index >= 15 is 0 Å². The van der Waals surface area contributed by atoms with Crippen molar-refractivity contribution in [2.45, 2.75) is 12.2 Å². The highest BCUT2D eigenvalue weighted by molar-refractivity contribution is 5.07. The van der Waals surface area contributed by atoms with Crippen molar-refractivity contribution in [2.24, 2.45) is 12.8 Å². The Kier molecular flexibility index (Phi) is 2.10. The van der Waals surface area contributed by atoms with Gasteiger partial charge >= 0.3 is 6.18 Å². The van der Waals surface area contributed by atoms with Crippen LogP contribution in [-0.2, 0) is 7.05 Å². The molecular formula is C6H8F3N3. The summed E-state index contributed by atoms with van der Waals surface area (Å²) in [5.74, 6) is 0. The van der Waals surface area contributed by atoms with Crippen molar-refractivity contribution in [3.8, 4) is 0 Å². The molecule has 0 radical (unpaired) electrons. The van der Waals surface area contributed by atoms with E-state index in [4.69, 9.17) is 5.73 Å². The second-order valence-electron chi connectivity index (χ2n) is 2.40. The summed E-state index contributed by atoms with van der Waals surface area (Å²) in [4.78, 5) is 0. The number of aryl methyl sites for hydroxylation is 1. The SMILES string of the molecule is Cn1nccc1C(N)C(F)(F)F. The van der Waals surface area contributed by atoms with Gasteiger partial charge in [0.15, 0.2) is 0 Å². The molecule has 3 nitrogen and oxygen atoms in total. The zero-order valence-corrected chi connectivity index (χ0v) is 6.34. The monoisotopic (exact) mass is 179 g/mol. The van der Waals surface area contributed by atoms with Gasteiger partial charge in [-0.05, 0) is 6.07 Å². The van der Waals surface area contributed by atoms with Crippen LogP contribution in [0.5, 0.6) is 0 Å². The van der Waals surface area contributed by atoms with Crippen LogP contribution in [0.4, 0.5) is 13.2 Å². The van der Waals surface area contributed by atoms with Crippen molar-refractivity contribution >= 4 is 0 Å². The van der Waals surface area contributed by atoms with Crippen molar-refractivity contribution in [1.82, 2.24) is 9.78 Å². The van der Waals surface area contributed by atoms with Gasteiger partial charge in [0.25, 0.3) is 0 Å². The second kappa shape index (κ2) is 2.78. The van der Waals surface area contributed by atoms with Crippen molar-refractivity contribution in [1.29, 1.82) is 0 Å².